The molecule has 0 N–H and O–H groups in total. The number of carbonyl (C=O) groups excluding carboxylic acids is 3. The zero-order valence-corrected chi connectivity index (χ0v) is 29.3. The van der Waals surface area contributed by atoms with Gasteiger partial charge in [-0.05, 0) is 98.9 Å². The van der Waals surface area contributed by atoms with E-state index in [1.807, 2.05) is 30.9 Å². The van der Waals surface area contributed by atoms with E-state index in [2.05, 4.69) is 54.5 Å². The van der Waals surface area contributed by atoms with Crippen LogP contribution in [0.25, 0.3) is 0 Å². The van der Waals surface area contributed by atoms with Crippen molar-refractivity contribution in [3.63, 3.8) is 0 Å². The van der Waals surface area contributed by atoms with Crippen LogP contribution in [0.3, 0.4) is 0 Å². The van der Waals surface area contributed by atoms with E-state index in [4.69, 9.17) is 4.74 Å². The zero-order chi connectivity index (χ0) is 32.9. The molecule has 1 saturated heterocycles. The average Bonchev–Trinajstić information content (AvgIpc) is 3.47. The Morgan fingerprint density at radius 2 is 1.73 bits per heavy atom. The van der Waals surface area contributed by atoms with Crippen molar-refractivity contribution in [3.05, 3.63) is 23.3 Å². The largest absolute Gasteiger partial charge is 0.449 e. The predicted molar refractivity (Wildman–Crippen MR) is 175 cm³/mol. The molecule has 0 radical (unpaired) electrons. The van der Waals surface area contributed by atoms with Gasteiger partial charge in [-0.2, -0.15) is 5.26 Å². The van der Waals surface area contributed by atoms with Crippen molar-refractivity contribution in [2.75, 3.05) is 19.7 Å². The van der Waals surface area contributed by atoms with Crippen molar-refractivity contribution < 1.29 is 19.1 Å². The van der Waals surface area contributed by atoms with Gasteiger partial charge in [0.15, 0.2) is 11.6 Å². The monoisotopic (exact) mass is 606 g/mol. The second kappa shape index (κ2) is 11.7. The molecule has 244 valence electrons. The summed E-state index contributed by atoms with van der Waals surface area (Å²) in [5.74, 6) is 0.324. The summed E-state index contributed by atoms with van der Waals surface area (Å²) in [7, 11) is 0. The number of allylic oxidation sites excluding steroid dienone is 4. The average molecular weight is 607 g/mol. The highest BCUT2D eigenvalue weighted by Gasteiger charge is 2.61. The number of rotatable bonds is 7. The summed E-state index contributed by atoms with van der Waals surface area (Å²) in [5.41, 5.74) is -0.370. The smallest absolute Gasteiger partial charge is 0.409 e. The zero-order valence-electron chi connectivity index (χ0n) is 29.3. The molecule has 1 heterocycles. The molecule has 5 atom stereocenters. The molecule has 0 aromatic rings. The Hall–Kier alpha value is -2.42. The van der Waals surface area contributed by atoms with E-state index in [0.29, 0.717) is 12.5 Å². The normalized spacial score (nSPS) is 35.9. The number of hydrogen-bond donors (Lipinski definition) is 0. The van der Waals surface area contributed by atoms with Crippen LogP contribution in [0, 0.1) is 55.7 Å². The van der Waals surface area contributed by atoms with Gasteiger partial charge in [-0.25, -0.2) is 4.79 Å². The molecule has 1 aliphatic heterocycles. The summed E-state index contributed by atoms with van der Waals surface area (Å²) in [5, 5.41) is 9.97. The first-order valence-corrected chi connectivity index (χ1v) is 17.1. The van der Waals surface area contributed by atoms with E-state index in [1.165, 1.54) is 0 Å². The van der Waals surface area contributed by atoms with Crippen LogP contribution >= 0.6 is 0 Å². The molecule has 1 unspecified atom stereocenters. The Kier molecular flexibility index (Phi) is 9.19. The van der Waals surface area contributed by atoms with Crippen LogP contribution in [0.1, 0.15) is 127 Å². The van der Waals surface area contributed by atoms with Crippen LogP contribution in [0.15, 0.2) is 23.3 Å². The van der Waals surface area contributed by atoms with Gasteiger partial charge in [-0.3, -0.25) is 9.59 Å². The molecule has 6 nitrogen and oxygen atoms in total. The number of Topliss-reactive ketones (excluding diaryl/α,β-unsaturated/α-hetero) is 1. The lowest BCUT2D eigenvalue weighted by Crippen LogP contribution is -2.56. The first-order valence-electron chi connectivity index (χ1n) is 17.1. The van der Waals surface area contributed by atoms with E-state index in [0.717, 1.165) is 76.5 Å². The Morgan fingerprint density at radius 1 is 1.09 bits per heavy atom. The number of likely N-dealkylation sites (tertiary alicyclic amines) is 1. The maximum absolute atomic E-state index is 13.3. The molecule has 3 fully saturated rings. The number of ketones is 2. The number of hydrogen-bond acceptors (Lipinski definition) is 5. The highest BCUT2D eigenvalue weighted by atomic mass is 16.6. The molecule has 0 aromatic heterocycles. The summed E-state index contributed by atoms with van der Waals surface area (Å²) in [6.45, 7) is 23.8. The Morgan fingerprint density at radius 3 is 2.30 bits per heavy atom. The standard InChI is InChI=1S/C38H58N2O4/c1-26-22-33(3,4)15-17-38(26,25-44-32(43)40-19-11-12-20-40)18-16-34(5,6)37(10)14-13-29-35(7,8)31(42)28(24-39)23-36(29,9)30(37)21-27(2)41/h21,23,26,29H,11-20,22,25H2,1-10H3/b30-21-/t26?,29-,36-,37+,38+/m0/s1. The van der Waals surface area contributed by atoms with Gasteiger partial charge in [0.1, 0.15) is 6.07 Å². The van der Waals surface area contributed by atoms with Crippen molar-refractivity contribution in [2.45, 2.75) is 127 Å². The van der Waals surface area contributed by atoms with Crippen molar-refractivity contribution in [1.82, 2.24) is 4.90 Å². The second-order valence-electron chi connectivity index (χ2n) is 17.4. The fourth-order valence-electron chi connectivity index (χ4n) is 9.79. The first kappa shape index (κ1) is 34.5. The van der Waals surface area contributed by atoms with Crippen molar-refractivity contribution in [1.29, 1.82) is 5.26 Å². The number of amides is 1. The highest BCUT2D eigenvalue weighted by Crippen LogP contribution is 2.67. The molecule has 0 aromatic carbocycles. The minimum absolute atomic E-state index is 0.000978. The van der Waals surface area contributed by atoms with Crippen LogP contribution < -0.4 is 0 Å². The lowest BCUT2D eigenvalue weighted by atomic mass is 9.42. The third kappa shape index (κ3) is 5.94. The van der Waals surface area contributed by atoms with Crippen molar-refractivity contribution in [2.24, 2.45) is 44.3 Å². The summed E-state index contributed by atoms with van der Waals surface area (Å²) in [6.07, 6.45) is 12.5. The molecule has 4 rings (SSSR count). The predicted octanol–water partition coefficient (Wildman–Crippen LogP) is 8.85. The van der Waals surface area contributed by atoms with E-state index in [9.17, 15) is 19.6 Å². The highest BCUT2D eigenvalue weighted by molar-refractivity contribution is 6.04. The number of carbonyl (C=O) groups is 3. The SMILES string of the molecule is CC(=O)/C=C1/[C@@]2(C)C=C(C#N)C(=O)C(C)(C)[C@@H]2CC[C@@]1(C)C(C)(C)CC[C@@]1(COC(=O)N2CCCC2)CCC(C)(C)CC1C. The van der Waals surface area contributed by atoms with Crippen molar-refractivity contribution >= 4 is 17.7 Å². The van der Waals surface area contributed by atoms with Crippen LogP contribution in [-0.2, 0) is 14.3 Å². The molecular weight excluding hydrogens is 548 g/mol. The van der Waals surface area contributed by atoms with Gasteiger partial charge in [0.25, 0.3) is 0 Å². The van der Waals surface area contributed by atoms with Gasteiger partial charge in [-0.15, -0.1) is 0 Å². The third-order valence-electron chi connectivity index (χ3n) is 13.2. The van der Waals surface area contributed by atoms with E-state index < -0.39 is 10.8 Å². The topological polar surface area (TPSA) is 87.5 Å². The minimum atomic E-state index is -0.691. The molecule has 0 spiro atoms. The maximum Gasteiger partial charge on any atom is 0.409 e. The van der Waals surface area contributed by atoms with Gasteiger partial charge in [0.05, 0.1) is 12.2 Å². The quantitative estimate of drug-likeness (QED) is 0.270. The van der Waals surface area contributed by atoms with Gasteiger partial charge in [0.2, 0.25) is 0 Å². The molecule has 4 aliphatic rings. The first-order chi connectivity index (χ1) is 20.2. The summed E-state index contributed by atoms with van der Waals surface area (Å²) in [6, 6.07) is 2.19. The van der Waals surface area contributed by atoms with Crippen LogP contribution in [0.2, 0.25) is 0 Å². The third-order valence-corrected chi connectivity index (χ3v) is 13.2. The number of nitrogens with zero attached hydrogens (tertiary/aromatic N) is 2. The van der Waals surface area contributed by atoms with E-state index >= 15 is 0 Å². The summed E-state index contributed by atoms with van der Waals surface area (Å²) in [4.78, 5) is 41.1. The van der Waals surface area contributed by atoms with Gasteiger partial charge < -0.3 is 9.64 Å². The lowest BCUT2D eigenvalue weighted by Gasteiger charge is -2.61. The lowest BCUT2D eigenvalue weighted by molar-refractivity contribution is -0.131. The fraction of sp³-hybridized carbons (Fsp3) is 0.789. The Bertz CT molecular complexity index is 1280. The molecule has 44 heavy (non-hydrogen) atoms. The fourth-order valence-corrected chi connectivity index (χ4v) is 9.79. The van der Waals surface area contributed by atoms with Crippen LogP contribution in [0.4, 0.5) is 4.79 Å². The molecule has 2 saturated carbocycles. The molecular formula is C38H58N2O4. The minimum Gasteiger partial charge on any atom is -0.449 e. The second-order valence-corrected chi connectivity index (χ2v) is 17.4. The van der Waals surface area contributed by atoms with Crippen LogP contribution in [-0.4, -0.2) is 42.3 Å². The van der Waals surface area contributed by atoms with E-state index in [1.54, 1.807) is 6.92 Å². The number of ether oxygens (including phenoxy) is 1. The Balaban J connectivity index is 1.68. The van der Waals surface area contributed by atoms with Crippen molar-refractivity contribution in [3.8, 4) is 6.07 Å². The van der Waals surface area contributed by atoms with Gasteiger partial charge in [0, 0.05) is 29.3 Å². The number of fused-ring (bicyclic) bond motifs is 1. The Labute approximate surface area is 267 Å². The molecule has 0 bridgehead atoms. The summed E-state index contributed by atoms with van der Waals surface area (Å²) < 4.78 is 6.12. The molecule has 3 aliphatic carbocycles. The van der Waals surface area contributed by atoms with Gasteiger partial charge >= 0.3 is 6.09 Å². The maximum atomic E-state index is 13.3. The number of nitriles is 1. The van der Waals surface area contributed by atoms with Crippen LogP contribution in [0.5, 0.6) is 0 Å². The van der Waals surface area contributed by atoms with E-state index in [-0.39, 0.29) is 50.8 Å². The molecule has 6 heteroatoms. The molecule has 1 amide bonds. The summed E-state index contributed by atoms with van der Waals surface area (Å²) >= 11 is 0. The van der Waals surface area contributed by atoms with Gasteiger partial charge in [-0.1, -0.05) is 74.0 Å².